The van der Waals surface area contributed by atoms with E-state index in [2.05, 4.69) is 5.32 Å². The second kappa shape index (κ2) is 6.21. The monoisotopic (exact) mass is 271 g/mol. The molecule has 0 amide bonds. The van der Waals surface area contributed by atoms with Crippen LogP contribution in [0.3, 0.4) is 0 Å². The molecule has 2 rings (SSSR count). The van der Waals surface area contributed by atoms with Crippen LogP contribution in [0, 0.1) is 6.92 Å². The Labute approximate surface area is 117 Å². The molecule has 0 bridgehead atoms. The van der Waals surface area contributed by atoms with Gasteiger partial charge >= 0.3 is 5.97 Å². The number of carboxylic acid groups (broad SMARTS) is 1. The first-order chi connectivity index (χ1) is 9.58. The molecule has 0 spiro atoms. The Morgan fingerprint density at radius 2 is 1.90 bits per heavy atom. The highest BCUT2D eigenvalue weighted by molar-refractivity contribution is 5.89. The normalized spacial score (nSPS) is 11.9. The summed E-state index contributed by atoms with van der Waals surface area (Å²) in [5.41, 5.74) is 2.62. The van der Waals surface area contributed by atoms with Crippen LogP contribution in [-0.4, -0.2) is 22.7 Å². The summed E-state index contributed by atoms with van der Waals surface area (Å²) in [5, 5.41) is 22.1. The highest BCUT2D eigenvalue weighted by Crippen LogP contribution is 2.17. The third-order valence-corrected chi connectivity index (χ3v) is 3.14. The van der Waals surface area contributed by atoms with E-state index in [4.69, 9.17) is 5.11 Å². The maximum absolute atomic E-state index is 10.9. The molecule has 1 unspecified atom stereocenters. The van der Waals surface area contributed by atoms with Crippen molar-refractivity contribution >= 4 is 11.7 Å². The number of hydrogen-bond donors (Lipinski definition) is 3. The fraction of sp³-hybridized carbons (Fsp3) is 0.188. The molecule has 2 aromatic rings. The molecule has 4 heteroatoms. The SMILES string of the molecule is Cc1cc(NCC(O)c2ccccc2)ccc1C(=O)O. The smallest absolute Gasteiger partial charge is 0.335 e. The quantitative estimate of drug-likeness (QED) is 0.782. The Bertz CT molecular complexity index is 596. The summed E-state index contributed by atoms with van der Waals surface area (Å²) >= 11 is 0. The van der Waals surface area contributed by atoms with Gasteiger partial charge in [-0.3, -0.25) is 0 Å². The van der Waals surface area contributed by atoms with E-state index in [0.29, 0.717) is 17.7 Å². The van der Waals surface area contributed by atoms with Gasteiger partial charge in [-0.15, -0.1) is 0 Å². The molecule has 0 aromatic heterocycles. The molecule has 1 atom stereocenters. The first-order valence-corrected chi connectivity index (χ1v) is 6.39. The number of aryl methyl sites for hydroxylation is 1. The minimum atomic E-state index is -0.932. The van der Waals surface area contributed by atoms with Crippen LogP contribution in [0.1, 0.15) is 27.6 Å². The van der Waals surface area contributed by atoms with Gasteiger partial charge < -0.3 is 15.5 Å². The van der Waals surface area contributed by atoms with Crippen LogP contribution in [0.4, 0.5) is 5.69 Å². The molecule has 0 heterocycles. The number of hydrogen-bond acceptors (Lipinski definition) is 3. The van der Waals surface area contributed by atoms with Crippen LogP contribution in [0.5, 0.6) is 0 Å². The Morgan fingerprint density at radius 1 is 1.20 bits per heavy atom. The Balaban J connectivity index is 2.01. The van der Waals surface area contributed by atoms with Gasteiger partial charge in [0, 0.05) is 12.2 Å². The summed E-state index contributed by atoms with van der Waals surface area (Å²) in [6, 6.07) is 14.4. The molecule has 20 heavy (non-hydrogen) atoms. The lowest BCUT2D eigenvalue weighted by Crippen LogP contribution is -2.12. The van der Waals surface area contributed by atoms with Crippen LogP contribution in [-0.2, 0) is 0 Å². The van der Waals surface area contributed by atoms with Gasteiger partial charge in [-0.1, -0.05) is 30.3 Å². The van der Waals surface area contributed by atoms with E-state index in [1.165, 1.54) is 0 Å². The third kappa shape index (κ3) is 3.36. The van der Waals surface area contributed by atoms with Gasteiger partial charge in [0.1, 0.15) is 0 Å². The minimum Gasteiger partial charge on any atom is -0.478 e. The predicted molar refractivity (Wildman–Crippen MR) is 78.0 cm³/mol. The summed E-state index contributed by atoms with van der Waals surface area (Å²) in [5.74, 6) is -0.932. The molecule has 0 aliphatic heterocycles. The highest BCUT2D eigenvalue weighted by Gasteiger charge is 2.09. The summed E-state index contributed by atoms with van der Waals surface area (Å²) in [4.78, 5) is 10.9. The number of rotatable bonds is 5. The average Bonchev–Trinajstić information content (AvgIpc) is 2.45. The van der Waals surface area contributed by atoms with Gasteiger partial charge in [0.25, 0.3) is 0 Å². The van der Waals surface area contributed by atoms with Crippen LogP contribution in [0.2, 0.25) is 0 Å². The second-order valence-electron chi connectivity index (χ2n) is 4.64. The Hall–Kier alpha value is -2.33. The van der Waals surface area contributed by atoms with Gasteiger partial charge in [-0.05, 0) is 36.2 Å². The summed E-state index contributed by atoms with van der Waals surface area (Å²) in [6.45, 7) is 2.12. The molecule has 0 radical (unpaired) electrons. The molecule has 3 N–H and O–H groups in total. The molecular formula is C16H17NO3. The zero-order valence-electron chi connectivity index (χ0n) is 11.2. The molecule has 0 aliphatic carbocycles. The number of aliphatic hydroxyl groups is 1. The first kappa shape index (κ1) is 14.1. The first-order valence-electron chi connectivity index (χ1n) is 6.39. The van der Waals surface area contributed by atoms with Gasteiger partial charge in [-0.25, -0.2) is 4.79 Å². The van der Waals surface area contributed by atoms with E-state index in [9.17, 15) is 9.90 Å². The molecule has 2 aromatic carbocycles. The number of aromatic carboxylic acids is 1. The van der Waals surface area contributed by atoms with Crippen molar-refractivity contribution in [3.05, 3.63) is 65.2 Å². The standard InChI is InChI=1S/C16H17NO3/c1-11-9-13(7-8-14(11)16(19)20)17-10-15(18)12-5-3-2-4-6-12/h2-9,15,17-18H,10H2,1H3,(H,19,20). The van der Waals surface area contributed by atoms with Crippen molar-refractivity contribution in [3.8, 4) is 0 Å². The minimum absolute atomic E-state index is 0.291. The van der Waals surface area contributed by atoms with E-state index in [-0.39, 0.29) is 0 Å². The number of nitrogens with one attached hydrogen (secondary N) is 1. The maximum atomic E-state index is 10.9. The number of anilines is 1. The maximum Gasteiger partial charge on any atom is 0.335 e. The van der Waals surface area contributed by atoms with E-state index in [0.717, 1.165) is 11.3 Å². The van der Waals surface area contributed by atoms with Crippen molar-refractivity contribution in [1.82, 2.24) is 0 Å². The largest absolute Gasteiger partial charge is 0.478 e. The number of benzene rings is 2. The van der Waals surface area contributed by atoms with Gasteiger partial charge in [0.15, 0.2) is 0 Å². The van der Waals surface area contributed by atoms with Crippen molar-refractivity contribution in [2.75, 3.05) is 11.9 Å². The van der Waals surface area contributed by atoms with Gasteiger partial charge in [-0.2, -0.15) is 0 Å². The summed E-state index contributed by atoms with van der Waals surface area (Å²) in [6.07, 6.45) is -0.601. The lowest BCUT2D eigenvalue weighted by Gasteiger charge is -2.14. The van der Waals surface area contributed by atoms with Crippen molar-refractivity contribution in [1.29, 1.82) is 0 Å². The molecule has 0 aliphatic rings. The number of carboxylic acids is 1. The van der Waals surface area contributed by atoms with Crippen LogP contribution in [0.25, 0.3) is 0 Å². The van der Waals surface area contributed by atoms with E-state index in [1.807, 2.05) is 30.3 Å². The fourth-order valence-corrected chi connectivity index (χ4v) is 2.02. The molecule has 0 saturated carbocycles. The Kier molecular flexibility index (Phi) is 4.38. The molecular weight excluding hydrogens is 254 g/mol. The molecule has 0 fully saturated rings. The van der Waals surface area contributed by atoms with Crippen LogP contribution >= 0.6 is 0 Å². The summed E-state index contributed by atoms with van der Waals surface area (Å²) in [7, 11) is 0. The highest BCUT2D eigenvalue weighted by atomic mass is 16.4. The number of carbonyl (C=O) groups is 1. The second-order valence-corrected chi connectivity index (χ2v) is 4.64. The van der Waals surface area contributed by atoms with Crippen LogP contribution < -0.4 is 5.32 Å². The van der Waals surface area contributed by atoms with Gasteiger partial charge in [0.05, 0.1) is 11.7 Å². The topological polar surface area (TPSA) is 69.6 Å². The molecule has 4 nitrogen and oxygen atoms in total. The van der Waals surface area contributed by atoms with Gasteiger partial charge in [0.2, 0.25) is 0 Å². The van der Waals surface area contributed by atoms with Crippen LogP contribution in [0.15, 0.2) is 48.5 Å². The fourth-order valence-electron chi connectivity index (χ4n) is 2.02. The van der Waals surface area contributed by atoms with E-state index in [1.54, 1.807) is 25.1 Å². The third-order valence-electron chi connectivity index (χ3n) is 3.14. The molecule has 0 saturated heterocycles. The van der Waals surface area contributed by atoms with Crippen molar-refractivity contribution in [2.45, 2.75) is 13.0 Å². The molecule has 104 valence electrons. The lowest BCUT2D eigenvalue weighted by atomic mass is 10.1. The summed E-state index contributed by atoms with van der Waals surface area (Å²) < 4.78 is 0. The zero-order valence-corrected chi connectivity index (χ0v) is 11.2. The number of aliphatic hydroxyl groups excluding tert-OH is 1. The van der Waals surface area contributed by atoms with Crippen molar-refractivity contribution < 1.29 is 15.0 Å². The lowest BCUT2D eigenvalue weighted by molar-refractivity contribution is 0.0696. The van der Waals surface area contributed by atoms with E-state index >= 15 is 0 Å². The van der Waals surface area contributed by atoms with Crippen molar-refractivity contribution in [2.24, 2.45) is 0 Å². The predicted octanol–water partition coefficient (Wildman–Crippen LogP) is 2.84. The van der Waals surface area contributed by atoms with Crippen molar-refractivity contribution in [3.63, 3.8) is 0 Å². The zero-order chi connectivity index (χ0) is 14.5. The Morgan fingerprint density at radius 3 is 2.50 bits per heavy atom. The van der Waals surface area contributed by atoms with E-state index < -0.39 is 12.1 Å². The average molecular weight is 271 g/mol.